The van der Waals surface area contributed by atoms with E-state index in [-0.39, 0.29) is 0 Å². The Hall–Kier alpha value is -0.930. The Bertz CT molecular complexity index is 368. The third-order valence-electron chi connectivity index (χ3n) is 3.63. The molecule has 100 valence electrons. The molecule has 0 aliphatic carbocycles. The summed E-state index contributed by atoms with van der Waals surface area (Å²) in [5.74, 6) is 0. The number of rotatable bonds is 4. The second-order valence-electron chi connectivity index (χ2n) is 5.03. The van der Waals surface area contributed by atoms with Crippen molar-refractivity contribution in [2.75, 3.05) is 30.7 Å². The quantitative estimate of drug-likeness (QED) is 0.823. The van der Waals surface area contributed by atoms with E-state index in [2.05, 4.69) is 17.1 Å². The average molecular weight is 268 g/mol. The van der Waals surface area contributed by atoms with Gasteiger partial charge in [0.05, 0.1) is 16.4 Å². The molecule has 4 heteroatoms. The summed E-state index contributed by atoms with van der Waals surface area (Å²) in [4.78, 5) is 2.53. The SMILES string of the molecule is CC(CNc1c(N)cccc1Cl)N1CCCCC1. The maximum Gasteiger partial charge on any atom is 0.0763 e. The van der Waals surface area contributed by atoms with Crippen LogP contribution in [0.3, 0.4) is 0 Å². The van der Waals surface area contributed by atoms with Crippen molar-refractivity contribution in [3.8, 4) is 0 Å². The zero-order chi connectivity index (χ0) is 13.0. The van der Waals surface area contributed by atoms with E-state index in [4.69, 9.17) is 17.3 Å². The minimum absolute atomic E-state index is 0.515. The van der Waals surface area contributed by atoms with E-state index in [1.54, 1.807) is 0 Å². The van der Waals surface area contributed by atoms with E-state index in [0.717, 1.165) is 12.2 Å². The third-order valence-corrected chi connectivity index (χ3v) is 3.95. The lowest BCUT2D eigenvalue weighted by molar-refractivity contribution is 0.180. The number of nitrogens with one attached hydrogen (secondary N) is 1. The molecule has 1 saturated heterocycles. The summed E-state index contributed by atoms with van der Waals surface area (Å²) in [6.45, 7) is 5.56. The molecular formula is C14H22ClN3. The highest BCUT2D eigenvalue weighted by Crippen LogP contribution is 2.27. The van der Waals surface area contributed by atoms with Gasteiger partial charge in [-0.3, -0.25) is 4.90 Å². The zero-order valence-corrected chi connectivity index (χ0v) is 11.7. The van der Waals surface area contributed by atoms with Gasteiger partial charge < -0.3 is 11.1 Å². The van der Waals surface area contributed by atoms with Crippen molar-refractivity contribution in [1.82, 2.24) is 4.90 Å². The predicted octanol–water partition coefficient (Wildman–Crippen LogP) is 3.21. The Kier molecular flexibility index (Phi) is 4.72. The Balaban J connectivity index is 1.90. The molecule has 18 heavy (non-hydrogen) atoms. The Morgan fingerprint density at radius 3 is 2.72 bits per heavy atom. The number of nitrogen functional groups attached to an aromatic ring is 1. The molecule has 1 unspecified atom stereocenters. The number of piperidine rings is 1. The number of anilines is 2. The van der Waals surface area contributed by atoms with Crippen molar-refractivity contribution >= 4 is 23.0 Å². The van der Waals surface area contributed by atoms with Crippen LogP contribution in [-0.4, -0.2) is 30.6 Å². The standard InChI is InChI=1S/C14H22ClN3/c1-11(18-8-3-2-4-9-18)10-17-14-12(15)6-5-7-13(14)16/h5-7,11,17H,2-4,8-10,16H2,1H3. The molecule has 3 nitrogen and oxygen atoms in total. The van der Waals surface area contributed by atoms with Gasteiger partial charge in [-0.1, -0.05) is 24.1 Å². The maximum absolute atomic E-state index is 6.14. The van der Waals surface area contributed by atoms with E-state index in [1.165, 1.54) is 32.4 Å². The van der Waals surface area contributed by atoms with E-state index in [1.807, 2.05) is 18.2 Å². The highest BCUT2D eigenvalue weighted by Gasteiger charge is 2.16. The van der Waals surface area contributed by atoms with E-state index in [0.29, 0.717) is 16.8 Å². The highest BCUT2D eigenvalue weighted by atomic mass is 35.5. The van der Waals surface area contributed by atoms with Gasteiger partial charge in [0.15, 0.2) is 0 Å². The Morgan fingerprint density at radius 1 is 1.33 bits per heavy atom. The number of benzene rings is 1. The van der Waals surface area contributed by atoms with Crippen molar-refractivity contribution in [2.45, 2.75) is 32.2 Å². The lowest BCUT2D eigenvalue weighted by atomic mass is 10.1. The molecule has 1 fully saturated rings. The second kappa shape index (κ2) is 6.30. The maximum atomic E-state index is 6.14. The van der Waals surface area contributed by atoms with Gasteiger partial charge in [0.25, 0.3) is 0 Å². The van der Waals surface area contributed by atoms with Crippen LogP contribution < -0.4 is 11.1 Å². The average Bonchev–Trinajstić information content (AvgIpc) is 2.39. The molecule has 1 aromatic rings. The fourth-order valence-corrected chi connectivity index (χ4v) is 2.71. The normalized spacial score (nSPS) is 18.6. The summed E-state index contributed by atoms with van der Waals surface area (Å²) in [6.07, 6.45) is 4.01. The summed E-state index contributed by atoms with van der Waals surface area (Å²) in [5.41, 5.74) is 7.51. The molecule has 1 atom stereocenters. The van der Waals surface area contributed by atoms with Crippen LogP contribution in [0.1, 0.15) is 26.2 Å². The van der Waals surface area contributed by atoms with Crippen LogP contribution in [0.5, 0.6) is 0 Å². The number of nitrogens with zero attached hydrogens (tertiary/aromatic N) is 1. The first kappa shape index (κ1) is 13.5. The van der Waals surface area contributed by atoms with E-state index in [9.17, 15) is 0 Å². The summed E-state index contributed by atoms with van der Waals surface area (Å²) in [7, 11) is 0. The summed E-state index contributed by atoms with van der Waals surface area (Å²) in [6, 6.07) is 6.13. The fourth-order valence-electron chi connectivity index (χ4n) is 2.47. The number of likely N-dealkylation sites (tertiary alicyclic amines) is 1. The molecular weight excluding hydrogens is 246 g/mol. The first-order chi connectivity index (χ1) is 8.68. The van der Waals surface area contributed by atoms with E-state index < -0.39 is 0 Å². The predicted molar refractivity (Wildman–Crippen MR) is 79.2 cm³/mol. The molecule has 0 aromatic heterocycles. The van der Waals surface area contributed by atoms with Crippen LogP contribution in [0.15, 0.2) is 18.2 Å². The lowest BCUT2D eigenvalue weighted by Gasteiger charge is -2.32. The first-order valence-electron chi connectivity index (χ1n) is 6.70. The van der Waals surface area contributed by atoms with Crippen LogP contribution >= 0.6 is 11.6 Å². The number of para-hydroxylation sites is 1. The minimum Gasteiger partial charge on any atom is -0.397 e. The molecule has 0 amide bonds. The van der Waals surface area contributed by atoms with Gasteiger partial charge in [0, 0.05) is 12.6 Å². The molecule has 1 heterocycles. The van der Waals surface area contributed by atoms with Crippen molar-refractivity contribution in [1.29, 1.82) is 0 Å². The monoisotopic (exact) mass is 267 g/mol. The number of hydrogen-bond acceptors (Lipinski definition) is 3. The van der Waals surface area contributed by atoms with Crippen LogP contribution in [0.2, 0.25) is 5.02 Å². The molecule has 0 bridgehead atoms. The van der Waals surface area contributed by atoms with Crippen LogP contribution in [0, 0.1) is 0 Å². The van der Waals surface area contributed by atoms with Gasteiger partial charge in [0.1, 0.15) is 0 Å². The van der Waals surface area contributed by atoms with E-state index >= 15 is 0 Å². The smallest absolute Gasteiger partial charge is 0.0763 e. The van der Waals surface area contributed by atoms with Crippen LogP contribution in [-0.2, 0) is 0 Å². The van der Waals surface area contributed by atoms with Crippen molar-refractivity contribution in [2.24, 2.45) is 0 Å². The third kappa shape index (κ3) is 3.30. The minimum atomic E-state index is 0.515. The molecule has 1 aliphatic rings. The summed E-state index contributed by atoms with van der Waals surface area (Å²) in [5, 5.41) is 4.07. The molecule has 1 aliphatic heterocycles. The van der Waals surface area contributed by atoms with Gasteiger partial charge in [-0.25, -0.2) is 0 Å². The fraction of sp³-hybridized carbons (Fsp3) is 0.571. The van der Waals surface area contributed by atoms with Gasteiger partial charge in [-0.05, 0) is 45.0 Å². The van der Waals surface area contributed by atoms with Crippen LogP contribution in [0.25, 0.3) is 0 Å². The molecule has 3 N–H and O–H groups in total. The Labute approximate surface area is 114 Å². The molecule has 1 aromatic carbocycles. The van der Waals surface area contributed by atoms with Crippen LogP contribution in [0.4, 0.5) is 11.4 Å². The lowest BCUT2D eigenvalue weighted by Crippen LogP contribution is -2.41. The van der Waals surface area contributed by atoms with Crippen molar-refractivity contribution in [3.63, 3.8) is 0 Å². The van der Waals surface area contributed by atoms with Crippen molar-refractivity contribution < 1.29 is 0 Å². The van der Waals surface area contributed by atoms with Gasteiger partial charge >= 0.3 is 0 Å². The van der Waals surface area contributed by atoms with Gasteiger partial charge in [-0.2, -0.15) is 0 Å². The van der Waals surface area contributed by atoms with Crippen molar-refractivity contribution in [3.05, 3.63) is 23.2 Å². The molecule has 2 rings (SSSR count). The Morgan fingerprint density at radius 2 is 2.06 bits per heavy atom. The summed E-state index contributed by atoms with van der Waals surface area (Å²) >= 11 is 6.14. The first-order valence-corrected chi connectivity index (χ1v) is 7.08. The van der Waals surface area contributed by atoms with Gasteiger partial charge in [0.2, 0.25) is 0 Å². The topological polar surface area (TPSA) is 41.3 Å². The molecule has 0 spiro atoms. The molecule has 0 saturated carbocycles. The highest BCUT2D eigenvalue weighted by molar-refractivity contribution is 6.33. The second-order valence-corrected chi connectivity index (χ2v) is 5.44. The summed E-state index contributed by atoms with van der Waals surface area (Å²) < 4.78 is 0. The number of hydrogen-bond donors (Lipinski definition) is 2. The number of nitrogens with two attached hydrogens (primary N) is 1. The molecule has 0 radical (unpaired) electrons. The number of halogens is 1. The zero-order valence-electron chi connectivity index (χ0n) is 11.0. The largest absolute Gasteiger partial charge is 0.397 e. The van der Waals surface area contributed by atoms with Gasteiger partial charge in [-0.15, -0.1) is 0 Å².